The van der Waals surface area contributed by atoms with Gasteiger partial charge < -0.3 is 0 Å². The molecule has 0 nitrogen and oxygen atoms in total. The highest BCUT2D eigenvalue weighted by Gasteiger charge is 1.95. The molecule has 0 amide bonds. The maximum Gasteiger partial charge on any atom is -0.0348 e. The molecule has 0 rings (SSSR count). The van der Waals surface area contributed by atoms with Crippen LogP contribution in [0.15, 0.2) is 12.2 Å². The summed E-state index contributed by atoms with van der Waals surface area (Å²) in [4.78, 5) is 0. The maximum atomic E-state index is 2.40. The lowest BCUT2D eigenvalue weighted by Gasteiger charge is -2.04. The Labute approximate surface area is 116 Å². The molecule has 0 N–H and O–H groups in total. The van der Waals surface area contributed by atoms with Crippen LogP contribution in [0.3, 0.4) is 0 Å². The van der Waals surface area contributed by atoms with E-state index in [1.807, 2.05) is 0 Å². The number of hydrogen-bond acceptors (Lipinski definition) is 0. The van der Waals surface area contributed by atoms with Crippen LogP contribution < -0.4 is 0 Å². The summed E-state index contributed by atoms with van der Waals surface area (Å²) in [6.07, 6.45) is 21.5. The molecule has 0 heteroatoms. The van der Waals surface area contributed by atoms with Crippen LogP contribution in [0, 0.1) is 5.92 Å². The molecule has 0 aromatic rings. The van der Waals surface area contributed by atoms with E-state index in [1.165, 1.54) is 77.0 Å². The van der Waals surface area contributed by atoms with E-state index >= 15 is 0 Å². The van der Waals surface area contributed by atoms with E-state index in [-0.39, 0.29) is 0 Å². The first-order chi connectivity index (χ1) is 8.81. The van der Waals surface area contributed by atoms with E-state index in [0.29, 0.717) is 0 Å². The normalized spacial score (nSPS) is 13.3. The molecule has 0 radical (unpaired) electrons. The van der Waals surface area contributed by atoms with Gasteiger partial charge in [0.25, 0.3) is 0 Å². The highest BCUT2D eigenvalue weighted by Crippen LogP contribution is 2.11. The van der Waals surface area contributed by atoms with E-state index in [4.69, 9.17) is 0 Å². The predicted octanol–water partition coefficient (Wildman–Crippen LogP) is 6.90. The van der Waals surface area contributed by atoms with Crippen molar-refractivity contribution < 1.29 is 0 Å². The first-order valence-corrected chi connectivity index (χ1v) is 8.46. The minimum absolute atomic E-state index is 0.901. The molecular weight excluding hydrogens is 216 g/mol. The fourth-order valence-electron chi connectivity index (χ4n) is 2.22. The zero-order valence-corrected chi connectivity index (χ0v) is 13.2. The van der Waals surface area contributed by atoms with Crippen molar-refractivity contribution >= 4 is 0 Å². The highest BCUT2D eigenvalue weighted by atomic mass is 14.0. The Kier molecular flexibility index (Phi) is 14.6. The third-order valence-electron chi connectivity index (χ3n) is 3.91. The Balaban J connectivity index is 3.08. The van der Waals surface area contributed by atoms with Gasteiger partial charge in [0.05, 0.1) is 0 Å². The molecule has 0 aromatic carbocycles. The van der Waals surface area contributed by atoms with E-state index in [9.17, 15) is 0 Å². The summed E-state index contributed by atoms with van der Waals surface area (Å²) < 4.78 is 0. The molecular formula is C18H36. The quantitative estimate of drug-likeness (QED) is 0.247. The minimum Gasteiger partial charge on any atom is -0.0885 e. The van der Waals surface area contributed by atoms with Crippen LogP contribution in [-0.4, -0.2) is 0 Å². The molecule has 108 valence electrons. The van der Waals surface area contributed by atoms with Crippen molar-refractivity contribution in [3.05, 3.63) is 12.2 Å². The standard InChI is InChI=1S/C18H36/c1-4-6-7-8-9-10-11-12-13-14-15-16-17-18(3)5-2/h14-15,18H,4-13,16-17H2,1-3H3. The molecule has 0 fully saturated rings. The molecule has 0 saturated heterocycles. The molecule has 0 aliphatic rings. The van der Waals surface area contributed by atoms with Gasteiger partial charge in [0, 0.05) is 0 Å². The van der Waals surface area contributed by atoms with Gasteiger partial charge in [-0.3, -0.25) is 0 Å². The Morgan fingerprint density at radius 2 is 1.28 bits per heavy atom. The first kappa shape index (κ1) is 17.7. The largest absolute Gasteiger partial charge is 0.0885 e. The average Bonchev–Trinajstić information content (AvgIpc) is 2.39. The Bertz CT molecular complexity index is 169. The zero-order valence-electron chi connectivity index (χ0n) is 13.2. The van der Waals surface area contributed by atoms with Crippen LogP contribution >= 0.6 is 0 Å². The molecule has 0 heterocycles. The van der Waals surface area contributed by atoms with Crippen molar-refractivity contribution in [3.63, 3.8) is 0 Å². The van der Waals surface area contributed by atoms with Crippen molar-refractivity contribution in [1.29, 1.82) is 0 Å². The SMILES string of the molecule is CCCCCCCCCCC=CCCC(C)CC. The second-order valence-corrected chi connectivity index (χ2v) is 5.83. The van der Waals surface area contributed by atoms with E-state index in [0.717, 1.165) is 5.92 Å². The van der Waals surface area contributed by atoms with Crippen LogP contribution in [-0.2, 0) is 0 Å². The fraction of sp³-hybridized carbons (Fsp3) is 0.889. The third kappa shape index (κ3) is 13.8. The second-order valence-electron chi connectivity index (χ2n) is 5.83. The van der Waals surface area contributed by atoms with Gasteiger partial charge in [-0.1, -0.05) is 84.3 Å². The van der Waals surface area contributed by atoms with Gasteiger partial charge in [0.1, 0.15) is 0 Å². The minimum atomic E-state index is 0.901. The Hall–Kier alpha value is -0.260. The molecule has 0 aliphatic heterocycles. The topological polar surface area (TPSA) is 0 Å². The van der Waals surface area contributed by atoms with Crippen LogP contribution in [0.25, 0.3) is 0 Å². The van der Waals surface area contributed by atoms with Crippen molar-refractivity contribution in [3.8, 4) is 0 Å². The summed E-state index contributed by atoms with van der Waals surface area (Å²) in [5.74, 6) is 0.901. The molecule has 18 heavy (non-hydrogen) atoms. The summed E-state index contributed by atoms with van der Waals surface area (Å²) in [7, 11) is 0. The summed E-state index contributed by atoms with van der Waals surface area (Å²) in [5.41, 5.74) is 0. The van der Waals surface area contributed by atoms with Gasteiger partial charge in [-0.05, 0) is 31.6 Å². The van der Waals surface area contributed by atoms with Gasteiger partial charge in [0.2, 0.25) is 0 Å². The monoisotopic (exact) mass is 252 g/mol. The van der Waals surface area contributed by atoms with E-state index < -0.39 is 0 Å². The first-order valence-electron chi connectivity index (χ1n) is 8.46. The number of hydrogen-bond donors (Lipinski definition) is 0. The number of allylic oxidation sites excluding steroid dienone is 2. The zero-order chi connectivity index (χ0) is 13.5. The molecule has 0 saturated carbocycles. The highest BCUT2D eigenvalue weighted by molar-refractivity contribution is 4.81. The fourth-order valence-corrected chi connectivity index (χ4v) is 2.22. The predicted molar refractivity (Wildman–Crippen MR) is 85.1 cm³/mol. The lowest BCUT2D eigenvalue weighted by atomic mass is 10.0. The average molecular weight is 252 g/mol. The Morgan fingerprint density at radius 1 is 0.722 bits per heavy atom. The van der Waals surface area contributed by atoms with E-state index in [1.54, 1.807) is 0 Å². The summed E-state index contributed by atoms with van der Waals surface area (Å²) in [5, 5.41) is 0. The van der Waals surface area contributed by atoms with Gasteiger partial charge >= 0.3 is 0 Å². The number of rotatable bonds is 13. The van der Waals surface area contributed by atoms with Crippen LogP contribution in [0.1, 0.15) is 97.8 Å². The molecule has 0 aliphatic carbocycles. The molecule has 0 bridgehead atoms. The molecule has 0 spiro atoms. The molecule has 1 unspecified atom stereocenters. The summed E-state index contributed by atoms with van der Waals surface area (Å²) in [6, 6.07) is 0. The number of unbranched alkanes of at least 4 members (excludes halogenated alkanes) is 8. The van der Waals surface area contributed by atoms with E-state index in [2.05, 4.69) is 32.9 Å². The lowest BCUT2D eigenvalue weighted by molar-refractivity contribution is 0.521. The van der Waals surface area contributed by atoms with Crippen molar-refractivity contribution in [2.75, 3.05) is 0 Å². The maximum absolute atomic E-state index is 2.40. The summed E-state index contributed by atoms with van der Waals surface area (Å²) in [6.45, 7) is 6.93. The van der Waals surface area contributed by atoms with Crippen LogP contribution in [0.5, 0.6) is 0 Å². The molecule has 1 atom stereocenters. The molecule has 0 aromatic heterocycles. The summed E-state index contributed by atoms with van der Waals surface area (Å²) >= 11 is 0. The smallest absolute Gasteiger partial charge is 0.0348 e. The van der Waals surface area contributed by atoms with Crippen LogP contribution in [0.4, 0.5) is 0 Å². The lowest BCUT2D eigenvalue weighted by Crippen LogP contribution is -1.89. The van der Waals surface area contributed by atoms with Gasteiger partial charge in [-0.25, -0.2) is 0 Å². The van der Waals surface area contributed by atoms with Crippen molar-refractivity contribution in [2.45, 2.75) is 97.8 Å². The Morgan fingerprint density at radius 3 is 1.89 bits per heavy atom. The second kappa shape index (κ2) is 14.8. The van der Waals surface area contributed by atoms with Crippen molar-refractivity contribution in [2.24, 2.45) is 5.92 Å². The van der Waals surface area contributed by atoms with Crippen LogP contribution in [0.2, 0.25) is 0 Å². The third-order valence-corrected chi connectivity index (χ3v) is 3.91. The van der Waals surface area contributed by atoms with Gasteiger partial charge in [-0.15, -0.1) is 0 Å². The van der Waals surface area contributed by atoms with Crippen molar-refractivity contribution in [1.82, 2.24) is 0 Å². The van der Waals surface area contributed by atoms with Gasteiger partial charge in [0.15, 0.2) is 0 Å². The van der Waals surface area contributed by atoms with Gasteiger partial charge in [-0.2, -0.15) is 0 Å².